The van der Waals surface area contributed by atoms with Gasteiger partial charge in [-0.1, -0.05) is 0 Å². The molecule has 0 bridgehead atoms. The fourth-order valence-corrected chi connectivity index (χ4v) is 0.924. The summed E-state index contributed by atoms with van der Waals surface area (Å²) in [5.41, 5.74) is 4.35. The van der Waals surface area contributed by atoms with Crippen molar-refractivity contribution >= 4 is 18.1 Å². The summed E-state index contributed by atoms with van der Waals surface area (Å²) >= 11 is 0. The van der Waals surface area contributed by atoms with Crippen LogP contribution in [0.4, 0.5) is 0 Å². The smallest absolute Gasteiger partial charge is 0.234 e. The highest BCUT2D eigenvalue weighted by atomic mass is 16.3. The molecule has 8 nitrogen and oxygen atoms in total. The second-order valence-corrected chi connectivity index (χ2v) is 3.34. The molecule has 0 spiro atoms. The van der Waals surface area contributed by atoms with Gasteiger partial charge in [0.25, 0.3) is 0 Å². The molecule has 0 unspecified atom stereocenters. The maximum absolute atomic E-state index is 10.4. The number of carbonyl (C=O) groups is 3. The Kier molecular flexibility index (Phi) is 8.33. The van der Waals surface area contributed by atoms with E-state index in [2.05, 4.69) is 0 Å². The molecule has 19 heavy (non-hydrogen) atoms. The van der Waals surface area contributed by atoms with Crippen LogP contribution in [0.2, 0.25) is 0 Å². The van der Waals surface area contributed by atoms with E-state index in [-0.39, 0.29) is 30.4 Å². The predicted molar refractivity (Wildman–Crippen MR) is 67.4 cm³/mol. The van der Waals surface area contributed by atoms with Crippen LogP contribution in [0.15, 0.2) is 24.3 Å². The second-order valence-electron chi connectivity index (χ2n) is 3.34. The van der Waals surface area contributed by atoms with Crippen molar-refractivity contribution in [1.82, 2.24) is 10.9 Å². The summed E-state index contributed by atoms with van der Waals surface area (Å²) in [4.78, 5) is 30.8. The van der Waals surface area contributed by atoms with E-state index < -0.39 is 0 Å². The van der Waals surface area contributed by atoms with Crippen LogP contribution in [-0.4, -0.2) is 23.2 Å². The standard InChI is InChI=1S/C7H6O2.C4H10N4O2/c8-5-6-1-3-7(9)4-2-6;5-7-3(9)1-2-4(10)8-6/h1-5,9H;1-2,5-6H2,(H,7,9)(H,8,10). The van der Waals surface area contributed by atoms with Gasteiger partial charge in [-0.3, -0.25) is 25.2 Å². The molecular formula is C11H16N4O4. The zero-order chi connectivity index (χ0) is 14.7. The molecular weight excluding hydrogens is 252 g/mol. The van der Waals surface area contributed by atoms with Gasteiger partial charge in [-0.05, 0) is 24.3 Å². The molecule has 104 valence electrons. The van der Waals surface area contributed by atoms with Crippen molar-refractivity contribution in [1.29, 1.82) is 0 Å². The SMILES string of the molecule is NNC(=O)CCC(=O)NN.O=Cc1ccc(O)cc1. The summed E-state index contributed by atoms with van der Waals surface area (Å²) in [5, 5.41) is 8.74. The van der Waals surface area contributed by atoms with Crippen molar-refractivity contribution in [3.8, 4) is 5.75 Å². The van der Waals surface area contributed by atoms with Crippen molar-refractivity contribution in [2.24, 2.45) is 11.7 Å². The largest absolute Gasteiger partial charge is 0.508 e. The van der Waals surface area contributed by atoms with Gasteiger partial charge < -0.3 is 5.11 Å². The van der Waals surface area contributed by atoms with Gasteiger partial charge in [-0.25, -0.2) is 11.7 Å². The molecule has 1 aromatic rings. The van der Waals surface area contributed by atoms with Crippen molar-refractivity contribution in [3.63, 3.8) is 0 Å². The number of hydrogen-bond donors (Lipinski definition) is 5. The van der Waals surface area contributed by atoms with Crippen LogP contribution in [0.1, 0.15) is 23.2 Å². The van der Waals surface area contributed by atoms with Gasteiger partial charge in [0.1, 0.15) is 12.0 Å². The summed E-state index contributed by atoms with van der Waals surface area (Å²) in [7, 11) is 0. The fraction of sp³-hybridized carbons (Fsp3) is 0.182. The van der Waals surface area contributed by atoms with Gasteiger partial charge in [0.2, 0.25) is 11.8 Å². The number of phenols is 1. The lowest BCUT2D eigenvalue weighted by molar-refractivity contribution is -0.126. The zero-order valence-corrected chi connectivity index (χ0v) is 10.1. The third-order valence-corrected chi connectivity index (χ3v) is 1.93. The number of aldehydes is 1. The van der Waals surface area contributed by atoms with Gasteiger partial charge in [-0.15, -0.1) is 0 Å². The Morgan fingerprint density at radius 3 is 1.79 bits per heavy atom. The zero-order valence-electron chi connectivity index (χ0n) is 10.1. The van der Waals surface area contributed by atoms with Crippen molar-refractivity contribution in [2.75, 3.05) is 0 Å². The van der Waals surface area contributed by atoms with Gasteiger partial charge in [0, 0.05) is 18.4 Å². The highest BCUT2D eigenvalue weighted by Gasteiger charge is 2.02. The molecule has 7 N–H and O–H groups in total. The van der Waals surface area contributed by atoms with Crippen LogP contribution in [0, 0.1) is 0 Å². The minimum Gasteiger partial charge on any atom is -0.508 e. The highest BCUT2D eigenvalue weighted by molar-refractivity contribution is 5.82. The molecule has 0 heterocycles. The van der Waals surface area contributed by atoms with Crippen molar-refractivity contribution in [3.05, 3.63) is 29.8 Å². The van der Waals surface area contributed by atoms with E-state index in [1.165, 1.54) is 12.1 Å². The number of benzene rings is 1. The first-order valence-corrected chi connectivity index (χ1v) is 5.26. The summed E-state index contributed by atoms with van der Waals surface area (Å²) in [6, 6.07) is 6.07. The number of nitrogens with one attached hydrogen (secondary N) is 2. The third kappa shape index (κ3) is 8.30. The van der Waals surface area contributed by atoms with E-state index in [9.17, 15) is 14.4 Å². The Hall–Kier alpha value is -2.45. The maximum Gasteiger partial charge on any atom is 0.234 e. The number of hydrazine groups is 2. The van der Waals surface area contributed by atoms with E-state index >= 15 is 0 Å². The maximum atomic E-state index is 10.4. The van der Waals surface area contributed by atoms with E-state index in [1.807, 2.05) is 10.9 Å². The fourth-order valence-electron chi connectivity index (χ4n) is 0.924. The topological polar surface area (TPSA) is 148 Å². The lowest BCUT2D eigenvalue weighted by atomic mass is 10.2. The third-order valence-electron chi connectivity index (χ3n) is 1.93. The van der Waals surface area contributed by atoms with Crippen molar-refractivity contribution in [2.45, 2.75) is 12.8 Å². The van der Waals surface area contributed by atoms with E-state index in [0.29, 0.717) is 5.56 Å². The Bertz CT molecular complexity index is 403. The first-order valence-electron chi connectivity index (χ1n) is 5.26. The van der Waals surface area contributed by atoms with Crippen LogP contribution in [0.5, 0.6) is 5.75 Å². The molecule has 0 atom stereocenters. The number of rotatable bonds is 4. The Balaban J connectivity index is 0.000000342. The molecule has 0 saturated heterocycles. The number of carbonyl (C=O) groups excluding carboxylic acids is 3. The molecule has 1 rings (SSSR count). The number of aromatic hydroxyl groups is 1. The first kappa shape index (κ1) is 16.6. The van der Waals surface area contributed by atoms with Crippen molar-refractivity contribution < 1.29 is 19.5 Å². The van der Waals surface area contributed by atoms with Crippen LogP contribution < -0.4 is 22.5 Å². The normalized spacial score (nSPS) is 8.74. The van der Waals surface area contributed by atoms with Crippen LogP contribution in [-0.2, 0) is 9.59 Å². The van der Waals surface area contributed by atoms with Crippen LogP contribution in [0.25, 0.3) is 0 Å². The molecule has 0 aromatic heterocycles. The summed E-state index contributed by atoms with van der Waals surface area (Å²) in [5.74, 6) is 8.88. The summed E-state index contributed by atoms with van der Waals surface area (Å²) in [6.07, 6.45) is 0.846. The summed E-state index contributed by atoms with van der Waals surface area (Å²) < 4.78 is 0. The van der Waals surface area contributed by atoms with Gasteiger partial charge in [-0.2, -0.15) is 0 Å². The molecule has 2 amide bonds. The molecule has 0 fully saturated rings. The van der Waals surface area contributed by atoms with E-state index in [1.54, 1.807) is 12.1 Å². The highest BCUT2D eigenvalue weighted by Crippen LogP contribution is 2.07. The predicted octanol–water partition coefficient (Wildman–Crippen LogP) is -1.05. The van der Waals surface area contributed by atoms with Gasteiger partial charge >= 0.3 is 0 Å². The molecule has 8 heteroatoms. The van der Waals surface area contributed by atoms with E-state index in [0.717, 1.165) is 6.29 Å². The second kappa shape index (κ2) is 9.57. The lowest BCUT2D eigenvalue weighted by Gasteiger charge is -1.97. The van der Waals surface area contributed by atoms with Crippen LogP contribution >= 0.6 is 0 Å². The lowest BCUT2D eigenvalue weighted by Crippen LogP contribution is -2.34. The minimum absolute atomic E-state index is 0.0551. The molecule has 0 aliphatic heterocycles. The monoisotopic (exact) mass is 268 g/mol. The van der Waals surface area contributed by atoms with E-state index in [4.69, 9.17) is 16.8 Å². The van der Waals surface area contributed by atoms with Crippen LogP contribution in [0.3, 0.4) is 0 Å². The Morgan fingerprint density at radius 2 is 1.47 bits per heavy atom. The molecule has 0 aliphatic carbocycles. The number of phenolic OH excluding ortho intramolecular Hbond substituents is 1. The number of nitrogens with two attached hydrogens (primary N) is 2. The average molecular weight is 268 g/mol. The molecule has 1 aromatic carbocycles. The number of amides is 2. The first-order chi connectivity index (χ1) is 9.03. The molecule has 0 aliphatic rings. The summed E-state index contributed by atoms with van der Waals surface area (Å²) in [6.45, 7) is 0. The minimum atomic E-state index is -0.386. The quantitative estimate of drug-likeness (QED) is 0.204. The molecule has 0 radical (unpaired) electrons. The average Bonchev–Trinajstić information content (AvgIpc) is 2.45. The Labute approximate surface area is 109 Å². The van der Waals surface area contributed by atoms with Gasteiger partial charge in [0.05, 0.1) is 0 Å². The Morgan fingerprint density at radius 1 is 1.05 bits per heavy atom. The number of hydrogen-bond acceptors (Lipinski definition) is 6. The molecule has 0 saturated carbocycles. The van der Waals surface area contributed by atoms with Gasteiger partial charge in [0.15, 0.2) is 0 Å².